The molecule has 5 heteroatoms. The van der Waals surface area contributed by atoms with Crippen LogP contribution >= 0.6 is 0 Å². The van der Waals surface area contributed by atoms with Gasteiger partial charge in [-0.2, -0.15) is 5.10 Å². The van der Waals surface area contributed by atoms with E-state index in [4.69, 9.17) is 5.10 Å². The number of rotatable bonds is 7. The number of hydrogen-bond donors (Lipinski definition) is 1. The molecule has 0 saturated carbocycles. The lowest BCUT2D eigenvalue weighted by molar-refractivity contribution is -0.121. The van der Waals surface area contributed by atoms with Crippen molar-refractivity contribution in [3.63, 3.8) is 0 Å². The lowest BCUT2D eigenvalue weighted by atomic mass is 9.92. The van der Waals surface area contributed by atoms with Crippen LogP contribution in [0.1, 0.15) is 26.7 Å². The Morgan fingerprint density at radius 1 is 1.03 bits per heavy atom. The van der Waals surface area contributed by atoms with Gasteiger partial charge in [0.2, 0.25) is 5.91 Å². The minimum atomic E-state index is 0.0169. The van der Waals surface area contributed by atoms with Crippen LogP contribution in [0.3, 0.4) is 0 Å². The van der Waals surface area contributed by atoms with Gasteiger partial charge in [-0.15, -0.1) is 0 Å². The molecule has 1 saturated heterocycles. The van der Waals surface area contributed by atoms with Crippen LogP contribution in [0.5, 0.6) is 0 Å². The molecule has 0 unspecified atom stereocenters. The molecule has 0 bridgehead atoms. The van der Waals surface area contributed by atoms with Gasteiger partial charge >= 0.3 is 0 Å². The molecule has 3 aromatic rings. The maximum atomic E-state index is 12.6. The Kier molecular flexibility index (Phi) is 6.48. The number of likely N-dealkylation sites (tertiary alicyclic amines) is 1. The summed E-state index contributed by atoms with van der Waals surface area (Å²) in [5.41, 5.74) is 2.98. The van der Waals surface area contributed by atoms with Crippen molar-refractivity contribution >= 4 is 16.8 Å². The Morgan fingerprint density at radius 2 is 1.73 bits per heavy atom. The summed E-state index contributed by atoms with van der Waals surface area (Å²) in [6.07, 6.45) is 2.32. The average molecular weight is 405 g/mol. The van der Waals surface area contributed by atoms with E-state index in [-0.39, 0.29) is 12.5 Å². The summed E-state index contributed by atoms with van der Waals surface area (Å²) in [4.78, 5) is 15.1. The van der Waals surface area contributed by atoms with E-state index in [1.807, 2.05) is 41.1 Å². The number of carbonyl (C=O) groups excluding carboxylic acids is 1. The predicted octanol–water partition coefficient (Wildman–Crippen LogP) is 4.19. The van der Waals surface area contributed by atoms with Crippen LogP contribution < -0.4 is 5.32 Å². The van der Waals surface area contributed by atoms with E-state index in [1.54, 1.807) is 0 Å². The maximum Gasteiger partial charge on any atom is 0.241 e. The van der Waals surface area contributed by atoms with Crippen LogP contribution in [0.2, 0.25) is 0 Å². The zero-order chi connectivity index (χ0) is 20.9. The quantitative estimate of drug-likeness (QED) is 0.601. The van der Waals surface area contributed by atoms with Crippen molar-refractivity contribution in [1.82, 2.24) is 20.0 Å². The highest BCUT2D eigenvalue weighted by atomic mass is 16.2. The second kappa shape index (κ2) is 9.43. The largest absolute Gasteiger partial charge is 0.354 e. The van der Waals surface area contributed by atoms with Crippen LogP contribution in [-0.4, -0.2) is 46.8 Å². The van der Waals surface area contributed by atoms with Gasteiger partial charge in [-0.1, -0.05) is 62.4 Å². The molecule has 1 aromatic heterocycles. The van der Waals surface area contributed by atoms with Crippen LogP contribution in [0.25, 0.3) is 22.2 Å². The summed E-state index contributed by atoms with van der Waals surface area (Å²) in [5, 5.41) is 8.92. The third kappa shape index (κ3) is 4.90. The number of benzene rings is 2. The molecule has 0 spiro atoms. The topological polar surface area (TPSA) is 50.2 Å². The smallest absolute Gasteiger partial charge is 0.241 e. The minimum Gasteiger partial charge on any atom is -0.354 e. The number of aromatic nitrogens is 2. The van der Waals surface area contributed by atoms with Crippen LogP contribution in [0.15, 0.2) is 54.6 Å². The molecule has 2 aromatic carbocycles. The molecule has 30 heavy (non-hydrogen) atoms. The van der Waals surface area contributed by atoms with Crippen LogP contribution in [0, 0.1) is 11.8 Å². The van der Waals surface area contributed by atoms with Gasteiger partial charge in [-0.05, 0) is 37.3 Å². The second-order valence-corrected chi connectivity index (χ2v) is 8.80. The zero-order valence-corrected chi connectivity index (χ0v) is 18.1. The van der Waals surface area contributed by atoms with Gasteiger partial charge in [-0.3, -0.25) is 9.48 Å². The van der Waals surface area contributed by atoms with E-state index < -0.39 is 0 Å². The Balaban J connectivity index is 1.35. The Morgan fingerprint density at radius 3 is 2.50 bits per heavy atom. The first kappa shape index (κ1) is 20.6. The molecule has 1 aliphatic rings. The fraction of sp³-hybridized carbons (Fsp3) is 0.440. The van der Waals surface area contributed by atoms with E-state index >= 15 is 0 Å². The molecule has 4 rings (SSSR count). The van der Waals surface area contributed by atoms with E-state index in [0.717, 1.165) is 47.0 Å². The highest BCUT2D eigenvalue weighted by molar-refractivity contribution is 5.94. The summed E-state index contributed by atoms with van der Waals surface area (Å²) < 4.78 is 1.82. The first-order chi connectivity index (χ1) is 14.6. The molecule has 1 N–H and O–H groups in total. The standard InChI is InChI=1S/C25H32N4O/c1-19-15-20(2)17-28(16-19)14-8-13-26-24(30)18-29-23-12-7-6-11-22(23)25(27-29)21-9-4-3-5-10-21/h3-7,9-12,19-20H,8,13-18H2,1-2H3,(H,26,30)/t19-,20-/m0/s1. The van der Waals surface area contributed by atoms with Crippen molar-refractivity contribution < 1.29 is 4.79 Å². The number of nitrogens with one attached hydrogen (secondary N) is 1. The van der Waals surface area contributed by atoms with Crippen molar-refractivity contribution in [2.45, 2.75) is 33.2 Å². The van der Waals surface area contributed by atoms with Gasteiger partial charge in [0, 0.05) is 30.6 Å². The number of fused-ring (bicyclic) bond motifs is 1. The Hall–Kier alpha value is -2.66. The summed E-state index contributed by atoms with van der Waals surface area (Å²) in [6, 6.07) is 18.3. The first-order valence-corrected chi connectivity index (χ1v) is 11.1. The molecule has 0 aliphatic carbocycles. The van der Waals surface area contributed by atoms with Gasteiger partial charge in [0.15, 0.2) is 0 Å². The van der Waals surface area contributed by atoms with Crippen molar-refractivity contribution in [2.75, 3.05) is 26.2 Å². The second-order valence-electron chi connectivity index (χ2n) is 8.80. The van der Waals surface area contributed by atoms with Crippen molar-refractivity contribution in [2.24, 2.45) is 11.8 Å². The highest BCUT2D eigenvalue weighted by Crippen LogP contribution is 2.27. The molecule has 1 aliphatic heterocycles. The summed E-state index contributed by atoms with van der Waals surface area (Å²) >= 11 is 0. The SMILES string of the molecule is C[C@H]1C[C@H](C)CN(CCCNC(=O)Cn2nc(-c3ccccc3)c3ccccc32)C1. The number of piperidine rings is 1. The monoisotopic (exact) mass is 404 g/mol. The molecule has 0 radical (unpaired) electrons. The fourth-order valence-corrected chi connectivity index (χ4v) is 4.75. The number of hydrogen-bond acceptors (Lipinski definition) is 3. The van der Waals surface area contributed by atoms with Crippen molar-refractivity contribution in [3.8, 4) is 11.3 Å². The van der Waals surface area contributed by atoms with Gasteiger partial charge in [0.1, 0.15) is 12.2 Å². The summed E-state index contributed by atoms with van der Waals surface area (Å²) in [7, 11) is 0. The zero-order valence-electron chi connectivity index (χ0n) is 18.1. The number of para-hydroxylation sites is 1. The molecule has 158 valence electrons. The maximum absolute atomic E-state index is 12.6. The minimum absolute atomic E-state index is 0.0169. The van der Waals surface area contributed by atoms with Crippen molar-refractivity contribution in [1.29, 1.82) is 0 Å². The first-order valence-electron chi connectivity index (χ1n) is 11.1. The third-order valence-corrected chi connectivity index (χ3v) is 5.92. The number of nitrogens with zero attached hydrogens (tertiary/aromatic N) is 3. The molecule has 2 heterocycles. The highest BCUT2D eigenvalue weighted by Gasteiger charge is 2.21. The van der Waals surface area contributed by atoms with E-state index in [1.165, 1.54) is 19.5 Å². The molecule has 2 atom stereocenters. The van der Waals surface area contributed by atoms with Gasteiger partial charge in [0.25, 0.3) is 0 Å². The van der Waals surface area contributed by atoms with E-state index in [0.29, 0.717) is 6.54 Å². The number of carbonyl (C=O) groups is 1. The summed E-state index contributed by atoms with van der Waals surface area (Å²) in [6.45, 7) is 9.04. The van der Waals surface area contributed by atoms with Crippen molar-refractivity contribution in [3.05, 3.63) is 54.6 Å². The lowest BCUT2D eigenvalue weighted by Gasteiger charge is -2.34. The van der Waals surface area contributed by atoms with Crippen LogP contribution in [-0.2, 0) is 11.3 Å². The Bertz CT molecular complexity index is 971. The van der Waals surface area contributed by atoms with Gasteiger partial charge in [0.05, 0.1) is 5.52 Å². The van der Waals surface area contributed by atoms with Crippen LogP contribution in [0.4, 0.5) is 0 Å². The Labute approximate surface area is 179 Å². The third-order valence-electron chi connectivity index (χ3n) is 5.92. The fourth-order valence-electron chi connectivity index (χ4n) is 4.75. The van der Waals surface area contributed by atoms with Gasteiger partial charge in [-0.25, -0.2) is 0 Å². The normalized spacial score (nSPS) is 19.8. The van der Waals surface area contributed by atoms with E-state index in [2.05, 4.69) is 42.3 Å². The lowest BCUT2D eigenvalue weighted by Crippen LogP contribution is -2.40. The predicted molar refractivity (Wildman–Crippen MR) is 122 cm³/mol. The molecular formula is C25H32N4O. The molecule has 5 nitrogen and oxygen atoms in total. The average Bonchev–Trinajstić information content (AvgIpc) is 3.10. The molecular weight excluding hydrogens is 372 g/mol. The van der Waals surface area contributed by atoms with Gasteiger partial charge < -0.3 is 10.2 Å². The number of amides is 1. The van der Waals surface area contributed by atoms with E-state index in [9.17, 15) is 4.79 Å². The molecule has 1 fully saturated rings. The molecule has 1 amide bonds. The summed E-state index contributed by atoms with van der Waals surface area (Å²) in [5.74, 6) is 1.56.